The summed E-state index contributed by atoms with van der Waals surface area (Å²) in [6.07, 6.45) is 45.2. The van der Waals surface area contributed by atoms with Crippen LogP contribution in [0.2, 0.25) is 0 Å². The molecule has 0 aliphatic carbocycles. The second-order valence-electron chi connectivity index (χ2n) is 12.2. The SMILES string of the molecule is CC/C=C\C/C=C\C/C=C\C/C=C\C/C=C\CCCC(=O)NCCOP(=O)(O)OCC(O)COC(=O)CCCCCCC/C=C\C/C=C\CCC. The van der Waals surface area contributed by atoms with Crippen LogP contribution in [0.15, 0.2) is 85.1 Å². The van der Waals surface area contributed by atoms with Crippen molar-refractivity contribution >= 4 is 19.7 Å². The van der Waals surface area contributed by atoms with E-state index in [9.17, 15) is 24.2 Å². The Morgan fingerprint density at radius 3 is 1.73 bits per heavy atom. The zero-order valence-corrected chi connectivity index (χ0v) is 32.4. The maximum absolute atomic E-state index is 12.1. The van der Waals surface area contributed by atoms with Gasteiger partial charge in [-0.15, -0.1) is 0 Å². The van der Waals surface area contributed by atoms with Gasteiger partial charge in [0.15, 0.2) is 0 Å². The first-order chi connectivity index (χ1) is 24.8. The summed E-state index contributed by atoms with van der Waals surface area (Å²) in [6.45, 7) is 3.25. The number of aliphatic hydroxyl groups is 1. The van der Waals surface area contributed by atoms with Gasteiger partial charge in [-0.05, 0) is 77.0 Å². The molecule has 1 amide bonds. The molecular weight excluding hydrogens is 665 g/mol. The Kier molecular flexibility index (Phi) is 34.9. The van der Waals surface area contributed by atoms with Gasteiger partial charge in [-0.2, -0.15) is 0 Å². The Balaban J connectivity index is 3.75. The zero-order valence-electron chi connectivity index (χ0n) is 31.5. The zero-order chi connectivity index (χ0) is 37.5. The summed E-state index contributed by atoms with van der Waals surface area (Å²) < 4.78 is 26.7. The molecule has 0 rings (SSSR count). The molecule has 0 fully saturated rings. The van der Waals surface area contributed by atoms with Crippen molar-refractivity contribution in [2.75, 3.05) is 26.4 Å². The summed E-state index contributed by atoms with van der Waals surface area (Å²) in [7, 11) is -4.44. The van der Waals surface area contributed by atoms with E-state index in [2.05, 4.69) is 104 Å². The second kappa shape index (κ2) is 37.0. The first kappa shape index (κ1) is 48.2. The lowest BCUT2D eigenvalue weighted by atomic mass is 10.1. The highest BCUT2D eigenvalue weighted by atomic mass is 31.2. The normalized spacial score (nSPS) is 14.4. The summed E-state index contributed by atoms with van der Waals surface area (Å²) >= 11 is 0. The van der Waals surface area contributed by atoms with Gasteiger partial charge in [0.1, 0.15) is 12.7 Å². The molecule has 3 N–H and O–H groups in total. The fourth-order valence-electron chi connectivity index (χ4n) is 4.45. The number of allylic oxidation sites excluding steroid dienone is 14. The van der Waals surface area contributed by atoms with E-state index in [1.165, 1.54) is 6.42 Å². The minimum Gasteiger partial charge on any atom is -0.463 e. The average Bonchev–Trinajstić information content (AvgIpc) is 3.11. The molecule has 0 aliphatic rings. The number of phosphoric acid groups is 1. The number of unbranched alkanes of at least 4 members (excludes halogenated alkanes) is 7. The summed E-state index contributed by atoms with van der Waals surface area (Å²) in [6, 6.07) is 0. The molecule has 0 aromatic carbocycles. The lowest BCUT2D eigenvalue weighted by Crippen LogP contribution is -2.27. The molecule has 290 valence electrons. The number of phosphoric ester groups is 1. The quantitative estimate of drug-likeness (QED) is 0.0258. The molecule has 2 unspecified atom stereocenters. The molecule has 0 bridgehead atoms. The van der Waals surface area contributed by atoms with E-state index in [-0.39, 0.29) is 32.1 Å². The number of hydrogen-bond acceptors (Lipinski definition) is 7. The minimum atomic E-state index is -4.44. The molecule has 10 heteroatoms. The van der Waals surface area contributed by atoms with Gasteiger partial charge in [-0.3, -0.25) is 18.6 Å². The Bertz CT molecular complexity index is 1110. The van der Waals surface area contributed by atoms with E-state index < -0.39 is 26.5 Å². The third-order valence-electron chi connectivity index (χ3n) is 7.29. The Hall–Kier alpha value is -2.81. The van der Waals surface area contributed by atoms with Crippen molar-refractivity contribution in [1.82, 2.24) is 5.32 Å². The lowest BCUT2D eigenvalue weighted by molar-refractivity contribution is -0.147. The second-order valence-corrected chi connectivity index (χ2v) is 13.6. The summed E-state index contributed by atoms with van der Waals surface area (Å²) in [4.78, 5) is 33.7. The summed E-state index contributed by atoms with van der Waals surface area (Å²) in [5.41, 5.74) is 0. The van der Waals surface area contributed by atoms with Gasteiger partial charge in [0, 0.05) is 19.4 Å². The van der Waals surface area contributed by atoms with Crippen LogP contribution in [0, 0.1) is 0 Å². The predicted octanol–water partition coefficient (Wildman–Crippen LogP) is 10.1. The van der Waals surface area contributed by atoms with Crippen molar-refractivity contribution in [3.05, 3.63) is 85.1 Å². The number of carbonyl (C=O) groups is 2. The number of amides is 1. The molecule has 51 heavy (non-hydrogen) atoms. The highest BCUT2D eigenvalue weighted by Crippen LogP contribution is 2.42. The van der Waals surface area contributed by atoms with Gasteiger partial charge >= 0.3 is 13.8 Å². The Morgan fingerprint density at radius 2 is 1.14 bits per heavy atom. The largest absolute Gasteiger partial charge is 0.472 e. The van der Waals surface area contributed by atoms with Crippen molar-refractivity contribution in [3.63, 3.8) is 0 Å². The number of esters is 1. The molecule has 9 nitrogen and oxygen atoms in total. The average molecular weight is 734 g/mol. The molecule has 0 saturated carbocycles. The number of aliphatic hydroxyl groups excluding tert-OH is 1. The standard InChI is InChI=1S/C41H68NO8P/c1-3-5-7-9-11-13-15-17-18-19-20-22-23-25-27-29-31-33-40(44)42-35-36-49-51(46,47)50-38-39(43)37-48-41(45)34-32-30-28-26-24-21-16-14-12-10-8-6-4-2/h5,7-8,10-11,13-14,16-18,20,22,25,27,39,43H,3-4,6,9,12,15,19,21,23-24,26,28-38H2,1-2H3,(H,42,44)(H,46,47)/b7-5-,10-8-,13-11-,16-14-,18-17-,22-20-,27-25-. The Labute approximate surface area is 309 Å². The number of ether oxygens (including phenoxy) is 1. The maximum Gasteiger partial charge on any atom is 0.472 e. The van der Waals surface area contributed by atoms with Gasteiger partial charge in [0.25, 0.3) is 0 Å². The van der Waals surface area contributed by atoms with Crippen LogP contribution < -0.4 is 5.32 Å². The van der Waals surface area contributed by atoms with Crippen LogP contribution in [0.25, 0.3) is 0 Å². The van der Waals surface area contributed by atoms with Crippen molar-refractivity contribution in [1.29, 1.82) is 0 Å². The molecule has 0 radical (unpaired) electrons. The third-order valence-corrected chi connectivity index (χ3v) is 8.27. The van der Waals surface area contributed by atoms with Crippen LogP contribution in [-0.4, -0.2) is 54.3 Å². The molecule has 0 saturated heterocycles. The number of carbonyl (C=O) groups excluding carboxylic acids is 2. The lowest BCUT2D eigenvalue weighted by Gasteiger charge is -2.15. The molecule has 0 aromatic heterocycles. The fourth-order valence-corrected chi connectivity index (χ4v) is 5.21. The van der Waals surface area contributed by atoms with Gasteiger partial charge in [0.2, 0.25) is 5.91 Å². The molecule has 0 aromatic rings. The maximum atomic E-state index is 12.1. The van der Waals surface area contributed by atoms with E-state index in [1.807, 2.05) is 0 Å². The van der Waals surface area contributed by atoms with E-state index in [0.29, 0.717) is 19.3 Å². The first-order valence-corrected chi connectivity index (χ1v) is 20.6. The van der Waals surface area contributed by atoms with Crippen LogP contribution >= 0.6 is 7.82 Å². The van der Waals surface area contributed by atoms with Crippen molar-refractivity contribution in [2.45, 2.75) is 136 Å². The first-order valence-electron chi connectivity index (χ1n) is 19.1. The van der Waals surface area contributed by atoms with Gasteiger partial charge in [-0.25, -0.2) is 4.57 Å². The van der Waals surface area contributed by atoms with Crippen LogP contribution in [0.3, 0.4) is 0 Å². The van der Waals surface area contributed by atoms with Crippen LogP contribution in [-0.2, 0) is 27.9 Å². The minimum absolute atomic E-state index is 0.0443. The topological polar surface area (TPSA) is 131 Å². The van der Waals surface area contributed by atoms with Crippen LogP contribution in [0.4, 0.5) is 0 Å². The van der Waals surface area contributed by atoms with Gasteiger partial charge in [-0.1, -0.05) is 125 Å². The highest BCUT2D eigenvalue weighted by Gasteiger charge is 2.23. The van der Waals surface area contributed by atoms with E-state index in [1.54, 1.807) is 0 Å². The number of nitrogens with one attached hydrogen (secondary N) is 1. The fraction of sp³-hybridized carbons (Fsp3) is 0.610. The summed E-state index contributed by atoms with van der Waals surface area (Å²) in [5.74, 6) is -0.601. The van der Waals surface area contributed by atoms with E-state index >= 15 is 0 Å². The van der Waals surface area contributed by atoms with E-state index in [4.69, 9.17) is 13.8 Å². The number of hydrogen-bond donors (Lipinski definition) is 3. The van der Waals surface area contributed by atoms with Gasteiger partial charge < -0.3 is 20.1 Å². The molecule has 0 spiro atoms. The predicted molar refractivity (Wildman–Crippen MR) is 210 cm³/mol. The van der Waals surface area contributed by atoms with E-state index in [0.717, 1.165) is 83.5 Å². The van der Waals surface area contributed by atoms with Crippen molar-refractivity contribution in [2.24, 2.45) is 0 Å². The monoisotopic (exact) mass is 733 g/mol. The van der Waals surface area contributed by atoms with Crippen LogP contribution in [0.1, 0.15) is 129 Å². The third kappa shape index (κ3) is 38.3. The molecule has 2 atom stereocenters. The smallest absolute Gasteiger partial charge is 0.463 e. The highest BCUT2D eigenvalue weighted by molar-refractivity contribution is 7.47. The molecule has 0 heterocycles. The molecular formula is C41H68NO8P. The van der Waals surface area contributed by atoms with Crippen molar-refractivity contribution in [3.8, 4) is 0 Å². The van der Waals surface area contributed by atoms with Crippen molar-refractivity contribution < 1.29 is 37.9 Å². The summed E-state index contributed by atoms with van der Waals surface area (Å²) in [5, 5.41) is 12.6. The molecule has 0 aliphatic heterocycles. The van der Waals surface area contributed by atoms with Gasteiger partial charge in [0.05, 0.1) is 13.2 Å². The Morgan fingerprint density at radius 1 is 0.627 bits per heavy atom. The van der Waals surface area contributed by atoms with Crippen LogP contribution in [0.5, 0.6) is 0 Å². The number of rotatable bonds is 34.